The first-order valence-electron chi connectivity index (χ1n) is 4.24. The average Bonchev–Trinajstić information content (AvgIpc) is 2.44. The standard InChI is InChI=1S/C8H16N2/c1-8(2-3-8)10-6-7-4-9-5-7/h7,9-10H,2-6H2,1H3. The number of hydrogen-bond donors (Lipinski definition) is 2. The molecule has 0 aromatic carbocycles. The third-order valence-electron chi connectivity index (χ3n) is 2.68. The molecule has 1 saturated heterocycles. The summed E-state index contributed by atoms with van der Waals surface area (Å²) in [6.07, 6.45) is 2.76. The SMILES string of the molecule is CC1(NCC2CNC2)CC1. The van der Waals surface area contributed by atoms with Gasteiger partial charge in [-0.3, -0.25) is 0 Å². The van der Waals surface area contributed by atoms with E-state index < -0.39 is 0 Å². The van der Waals surface area contributed by atoms with E-state index in [0.29, 0.717) is 5.54 Å². The molecule has 1 aliphatic heterocycles. The van der Waals surface area contributed by atoms with E-state index in [1.807, 2.05) is 0 Å². The van der Waals surface area contributed by atoms with Gasteiger partial charge in [0.2, 0.25) is 0 Å². The van der Waals surface area contributed by atoms with Crippen molar-refractivity contribution in [3.05, 3.63) is 0 Å². The molecule has 0 spiro atoms. The molecule has 58 valence electrons. The maximum atomic E-state index is 3.59. The van der Waals surface area contributed by atoms with Crippen molar-refractivity contribution in [1.29, 1.82) is 0 Å². The lowest BCUT2D eigenvalue weighted by Gasteiger charge is -2.28. The number of rotatable bonds is 3. The monoisotopic (exact) mass is 140 g/mol. The fourth-order valence-electron chi connectivity index (χ4n) is 1.25. The summed E-state index contributed by atoms with van der Waals surface area (Å²) >= 11 is 0. The fraction of sp³-hybridized carbons (Fsp3) is 1.00. The van der Waals surface area contributed by atoms with Crippen molar-refractivity contribution < 1.29 is 0 Å². The smallest absolute Gasteiger partial charge is 0.0154 e. The van der Waals surface area contributed by atoms with Crippen molar-refractivity contribution >= 4 is 0 Å². The zero-order chi connectivity index (χ0) is 7.03. The van der Waals surface area contributed by atoms with Gasteiger partial charge in [0.1, 0.15) is 0 Å². The van der Waals surface area contributed by atoms with Crippen LogP contribution in [-0.2, 0) is 0 Å². The highest BCUT2D eigenvalue weighted by molar-refractivity contribution is 4.98. The molecule has 0 unspecified atom stereocenters. The first-order valence-corrected chi connectivity index (χ1v) is 4.24. The molecule has 1 aliphatic carbocycles. The van der Waals surface area contributed by atoms with E-state index in [-0.39, 0.29) is 0 Å². The Balaban J connectivity index is 1.63. The highest BCUT2D eigenvalue weighted by Gasteiger charge is 2.37. The summed E-state index contributed by atoms with van der Waals surface area (Å²) in [5.74, 6) is 0.914. The van der Waals surface area contributed by atoms with Gasteiger partial charge in [-0.1, -0.05) is 0 Å². The Morgan fingerprint density at radius 2 is 2.20 bits per heavy atom. The summed E-state index contributed by atoms with van der Waals surface area (Å²) < 4.78 is 0. The molecule has 2 nitrogen and oxygen atoms in total. The van der Waals surface area contributed by atoms with E-state index in [1.165, 1.54) is 32.5 Å². The van der Waals surface area contributed by atoms with Crippen LogP contribution < -0.4 is 10.6 Å². The molecule has 2 N–H and O–H groups in total. The topological polar surface area (TPSA) is 24.1 Å². The molecular formula is C8H16N2. The van der Waals surface area contributed by atoms with Crippen molar-refractivity contribution in [2.75, 3.05) is 19.6 Å². The minimum absolute atomic E-state index is 0.537. The Morgan fingerprint density at radius 3 is 2.60 bits per heavy atom. The van der Waals surface area contributed by atoms with Gasteiger partial charge in [0.25, 0.3) is 0 Å². The van der Waals surface area contributed by atoms with E-state index >= 15 is 0 Å². The lowest BCUT2D eigenvalue weighted by molar-refractivity contribution is 0.316. The van der Waals surface area contributed by atoms with Crippen LogP contribution in [-0.4, -0.2) is 25.2 Å². The summed E-state index contributed by atoms with van der Waals surface area (Å²) in [4.78, 5) is 0. The first-order chi connectivity index (χ1) is 4.79. The Kier molecular flexibility index (Phi) is 1.46. The van der Waals surface area contributed by atoms with E-state index in [0.717, 1.165) is 5.92 Å². The fourth-order valence-corrected chi connectivity index (χ4v) is 1.25. The third-order valence-corrected chi connectivity index (χ3v) is 2.68. The van der Waals surface area contributed by atoms with Crippen LogP contribution in [0.15, 0.2) is 0 Å². The van der Waals surface area contributed by atoms with Crippen molar-refractivity contribution in [3.8, 4) is 0 Å². The predicted molar refractivity (Wildman–Crippen MR) is 42.0 cm³/mol. The summed E-state index contributed by atoms with van der Waals surface area (Å²) in [6.45, 7) is 5.99. The van der Waals surface area contributed by atoms with Crippen LogP contribution in [0.2, 0.25) is 0 Å². The molecule has 0 radical (unpaired) electrons. The average molecular weight is 140 g/mol. The molecular weight excluding hydrogens is 124 g/mol. The molecule has 0 aromatic rings. The molecule has 1 heterocycles. The Labute approximate surface area is 62.4 Å². The summed E-state index contributed by atoms with van der Waals surface area (Å²) in [5.41, 5.74) is 0.537. The van der Waals surface area contributed by atoms with Crippen LogP contribution in [0.25, 0.3) is 0 Å². The minimum Gasteiger partial charge on any atom is -0.316 e. The van der Waals surface area contributed by atoms with Crippen LogP contribution in [0.4, 0.5) is 0 Å². The molecule has 0 aromatic heterocycles. The molecule has 0 bridgehead atoms. The molecule has 0 amide bonds. The second-order valence-corrected chi connectivity index (χ2v) is 3.97. The highest BCUT2D eigenvalue weighted by atomic mass is 15.0. The van der Waals surface area contributed by atoms with Crippen LogP contribution in [0, 0.1) is 5.92 Å². The summed E-state index contributed by atoms with van der Waals surface area (Å²) in [5, 5.41) is 6.87. The molecule has 2 rings (SSSR count). The van der Waals surface area contributed by atoms with Gasteiger partial charge in [-0.05, 0) is 25.7 Å². The maximum absolute atomic E-state index is 3.59. The van der Waals surface area contributed by atoms with Gasteiger partial charge in [-0.15, -0.1) is 0 Å². The van der Waals surface area contributed by atoms with Gasteiger partial charge < -0.3 is 10.6 Å². The lowest BCUT2D eigenvalue weighted by atomic mass is 10.0. The van der Waals surface area contributed by atoms with Crippen molar-refractivity contribution in [2.24, 2.45) is 5.92 Å². The van der Waals surface area contributed by atoms with Crippen LogP contribution in [0.3, 0.4) is 0 Å². The van der Waals surface area contributed by atoms with Crippen LogP contribution >= 0.6 is 0 Å². The Morgan fingerprint density at radius 1 is 1.50 bits per heavy atom. The second-order valence-electron chi connectivity index (χ2n) is 3.97. The maximum Gasteiger partial charge on any atom is 0.0154 e. The van der Waals surface area contributed by atoms with Crippen molar-refractivity contribution in [1.82, 2.24) is 10.6 Å². The quantitative estimate of drug-likeness (QED) is 0.591. The van der Waals surface area contributed by atoms with Gasteiger partial charge in [0.15, 0.2) is 0 Å². The number of nitrogens with one attached hydrogen (secondary N) is 2. The van der Waals surface area contributed by atoms with E-state index in [9.17, 15) is 0 Å². The molecule has 2 aliphatic rings. The molecule has 2 fully saturated rings. The molecule has 0 atom stereocenters. The molecule has 2 heteroatoms. The van der Waals surface area contributed by atoms with Crippen molar-refractivity contribution in [3.63, 3.8) is 0 Å². The number of hydrogen-bond acceptors (Lipinski definition) is 2. The zero-order valence-electron chi connectivity index (χ0n) is 6.61. The van der Waals surface area contributed by atoms with Gasteiger partial charge in [-0.25, -0.2) is 0 Å². The molecule has 10 heavy (non-hydrogen) atoms. The van der Waals surface area contributed by atoms with Gasteiger partial charge in [0.05, 0.1) is 0 Å². The van der Waals surface area contributed by atoms with E-state index in [4.69, 9.17) is 0 Å². The minimum atomic E-state index is 0.537. The zero-order valence-corrected chi connectivity index (χ0v) is 6.61. The van der Waals surface area contributed by atoms with E-state index in [1.54, 1.807) is 0 Å². The first kappa shape index (κ1) is 6.62. The lowest BCUT2D eigenvalue weighted by Crippen LogP contribution is -2.49. The second kappa shape index (κ2) is 2.21. The summed E-state index contributed by atoms with van der Waals surface area (Å²) in [6, 6.07) is 0. The predicted octanol–water partition coefficient (Wildman–Crippen LogP) is 0.348. The summed E-state index contributed by atoms with van der Waals surface area (Å²) in [7, 11) is 0. The van der Waals surface area contributed by atoms with Crippen LogP contribution in [0.1, 0.15) is 19.8 Å². The Hall–Kier alpha value is -0.0800. The van der Waals surface area contributed by atoms with Gasteiger partial charge >= 0.3 is 0 Å². The van der Waals surface area contributed by atoms with Crippen molar-refractivity contribution in [2.45, 2.75) is 25.3 Å². The van der Waals surface area contributed by atoms with Gasteiger partial charge in [-0.2, -0.15) is 0 Å². The largest absolute Gasteiger partial charge is 0.316 e. The van der Waals surface area contributed by atoms with E-state index in [2.05, 4.69) is 17.6 Å². The van der Waals surface area contributed by atoms with Crippen LogP contribution in [0.5, 0.6) is 0 Å². The Bertz CT molecular complexity index is 125. The molecule has 1 saturated carbocycles. The normalized spacial score (nSPS) is 29.7. The third kappa shape index (κ3) is 1.32. The van der Waals surface area contributed by atoms with Gasteiger partial charge in [0, 0.05) is 25.2 Å². The highest BCUT2D eigenvalue weighted by Crippen LogP contribution is 2.34.